The lowest BCUT2D eigenvalue weighted by molar-refractivity contribution is 0.953. The average molecular weight is 824 g/mol. The molecule has 0 unspecified atom stereocenters. The Bertz CT molecular complexity index is 3150. The van der Waals surface area contributed by atoms with Crippen molar-refractivity contribution in [1.82, 2.24) is 19.5 Å². The highest BCUT2D eigenvalue weighted by molar-refractivity contribution is 6.10. The van der Waals surface area contributed by atoms with Gasteiger partial charge in [-0.1, -0.05) is 202 Å². The summed E-state index contributed by atoms with van der Waals surface area (Å²) in [4.78, 5) is 18.0. The molecule has 0 aliphatic rings. The van der Waals surface area contributed by atoms with Gasteiger partial charge >= 0.3 is 0 Å². The number of rotatable bonds is 9. The van der Waals surface area contributed by atoms with E-state index in [9.17, 15) is 0 Å². The van der Waals surface area contributed by atoms with Crippen molar-refractivity contribution >= 4 is 38.9 Å². The first-order chi connectivity index (χ1) is 31.7. The number of anilines is 3. The molecule has 64 heavy (non-hydrogen) atoms. The minimum absolute atomic E-state index is 0.560. The maximum Gasteiger partial charge on any atom is 0.238 e. The van der Waals surface area contributed by atoms with Crippen LogP contribution in [0.25, 0.3) is 83.9 Å². The first kappa shape index (κ1) is 39.7. The Morgan fingerprint density at radius 3 is 1.17 bits per heavy atom. The second-order valence-electron chi connectivity index (χ2n) is 15.3. The van der Waals surface area contributed by atoms with Crippen LogP contribution < -0.4 is 4.90 Å². The molecule has 0 aliphatic heterocycles. The molecule has 0 bridgehead atoms. The zero-order chi connectivity index (χ0) is 43.2. The smallest absolute Gasteiger partial charge is 0.238 e. The topological polar surface area (TPSA) is 46.8 Å². The van der Waals surface area contributed by atoms with Crippen molar-refractivity contribution in [2.24, 2.45) is 0 Å². The molecule has 11 rings (SSSR count). The van der Waals surface area contributed by atoms with Gasteiger partial charge in [0.25, 0.3) is 0 Å². The molecule has 9 aromatic carbocycles. The molecule has 2 aromatic heterocycles. The zero-order valence-electron chi connectivity index (χ0n) is 35.8. The van der Waals surface area contributed by atoms with E-state index in [4.69, 9.17) is 15.0 Å². The fourth-order valence-corrected chi connectivity index (χ4v) is 8.38. The van der Waals surface area contributed by atoms with E-state index in [0.717, 1.165) is 83.4 Å². The third-order valence-corrected chi connectivity index (χ3v) is 11.5. The molecule has 306 valence electrons. The van der Waals surface area contributed by atoms with Crippen molar-refractivity contribution in [3.63, 3.8) is 0 Å². The van der Waals surface area contributed by atoms with E-state index >= 15 is 0 Å². The summed E-state index contributed by atoms with van der Waals surface area (Å²) < 4.78 is 2.19. The highest BCUT2D eigenvalue weighted by Crippen LogP contribution is 2.38. The maximum absolute atomic E-state index is 5.27. The normalized spacial score (nSPS) is 11.0. The number of para-hydroxylation sites is 3. The summed E-state index contributed by atoms with van der Waals surface area (Å²) in [7, 11) is 0. The third kappa shape index (κ3) is 7.83. The van der Waals surface area contributed by atoms with Crippen LogP contribution in [0, 0.1) is 0 Å². The lowest BCUT2D eigenvalue weighted by Crippen LogP contribution is -2.09. The van der Waals surface area contributed by atoms with Crippen molar-refractivity contribution in [2.75, 3.05) is 4.90 Å². The second kappa shape index (κ2) is 17.9. The zero-order valence-corrected chi connectivity index (χ0v) is 35.8. The maximum atomic E-state index is 5.27. The van der Waals surface area contributed by atoms with Crippen molar-refractivity contribution < 1.29 is 0 Å². The number of hydrogen-bond donors (Lipinski definition) is 0. The fraction of sp³-hybridized carbons (Fsp3) is 0.0339. The highest BCUT2D eigenvalue weighted by Gasteiger charge is 2.19. The highest BCUT2D eigenvalue weighted by atomic mass is 15.2. The Kier molecular flexibility index (Phi) is 11.1. The molecule has 0 atom stereocenters. The summed E-state index contributed by atoms with van der Waals surface area (Å²) in [5.41, 5.74) is 14.0. The molecule has 0 saturated carbocycles. The van der Waals surface area contributed by atoms with Gasteiger partial charge in [-0.15, -0.1) is 0 Å². The third-order valence-electron chi connectivity index (χ3n) is 11.5. The van der Waals surface area contributed by atoms with Crippen LogP contribution in [0.2, 0.25) is 0 Å². The molecule has 0 spiro atoms. The van der Waals surface area contributed by atoms with Gasteiger partial charge in [0.15, 0.2) is 11.6 Å². The lowest BCUT2D eigenvalue weighted by Gasteiger charge is -2.25. The van der Waals surface area contributed by atoms with E-state index in [-0.39, 0.29) is 0 Å². The van der Waals surface area contributed by atoms with Gasteiger partial charge in [-0.2, -0.15) is 9.97 Å². The van der Waals surface area contributed by atoms with E-state index in [1.54, 1.807) is 0 Å². The SMILES string of the molecule is CC.c1ccc(-c2ccc(-c3nc(-c4ccc(-c5ccccc5)cc4)nc(-n4c5ccccc5c5ccc(-c6ccc(N(c7ccccc7)c7ccccc7)cc6)cc54)n3)cc2)cc1. The number of benzene rings is 9. The molecule has 5 heteroatoms. The van der Waals surface area contributed by atoms with Gasteiger partial charge < -0.3 is 4.90 Å². The molecule has 0 N–H and O–H groups in total. The molecule has 0 fully saturated rings. The van der Waals surface area contributed by atoms with Gasteiger partial charge in [-0.05, 0) is 81.9 Å². The van der Waals surface area contributed by atoms with Gasteiger partial charge in [-0.3, -0.25) is 4.57 Å². The predicted octanol–water partition coefficient (Wildman–Crippen LogP) is 15.8. The molecule has 5 nitrogen and oxygen atoms in total. The molecule has 0 saturated heterocycles. The lowest BCUT2D eigenvalue weighted by atomic mass is 10.0. The van der Waals surface area contributed by atoms with Gasteiger partial charge in [-0.25, -0.2) is 4.98 Å². The summed E-state index contributed by atoms with van der Waals surface area (Å²) >= 11 is 0. The monoisotopic (exact) mass is 823 g/mol. The van der Waals surface area contributed by atoms with Gasteiger partial charge in [0.05, 0.1) is 11.0 Å². The summed E-state index contributed by atoms with van der Waals surface area (Å²) in [5, 5.41) is 2.26. The predicted molar refractivity (Wildman–Crippen MR) is 267 cm³/mol. The minimum atomic E-state index is 0.560. The van der Waals surface area contributed by atoms with Crippen molar-refractivity contribution in [2.45, 2.75) is 13.8 Å². The molecular formula is C59H45N5. The van der Waals surface area contributed by atoms with Gasteiger partial charge in [0.1, 0.15) is 0 Å². The van der Waals surface area contributed by atoms with E-state index in [1.807, 2.05) is 26.0 Å². The van der Waals surface area contributed by atoms with E-state index < -0.39 is 0 Å². The Labute approximate surface area is 374 Å². The molecule has 11 aromatic rings. The molecule has 0 aliphatic carbocycles. The minimum Gasteiger partial charge on any atom is -0.311 e. The quantitative estimate of drug-likeness (QED) is 0.145. The first-order valence-electron chi connectivity index (χ1n) is 21.9. The van der Waals surface area contributed by atoms with Gasteiger partial charge in [0, 0.05) is 39.0 Å². The fourth-order valence-electron chi connectivity index (χ4n) is 8.38. The van der Waals surface area contributed by atoms with Crippen molar-refractivity contribution in [1.29, 1.82) is 0 Å². The molecule has 2 heterocycles. The number of aromatic nitrogens is 4. The van der Waals surface area contributed by atoms with Crippen LogP contribution in [-0.4, -0.2) is 19.5 Å². The van der Waals surface area contributed by atoms with Gasteiger partial charge in [0.2, 0.25) is 5.95 Å². The summed E-state index contributed by atoms with van der Waals surface area (Å²) in [5.74, 6) is 1.77. The van der Waals surface area contributed by atoms with Crippen LogP contribution in [0.5, 0.6) is 0 Å². The summed E-state index contributed by atoms with van der Waals surface area (Å²) in [6, 6.07) is 82.8. The second-order valence-corrected chi connectivity index (χ2v) is 15.3. The van der Waals surface area contributed by atoms with Crippen molar-refractivity contribution in [3.05, 3.63) is 237 Å². The molecule has 0 radical (unpaired) electrons. The summed E-state index contributed by atoms with van der Waals surface area (Å²) in [6.07, 6.45) is 0. The number of nitrogens with zero attached hydrogens (tertiary/aromatic N) is 5. The Morgan fingerprint density at radius 1 is 0.297 bits per heavy atom. The largest absolute Gasteiger partial charge is 0.311 e. The Morgan fingerprint density at radius 2 is 0.656 bits per heavy atom. The number of hydrogen-bond acceptors (Lipinski definition) is 4. The summed E-state index contributed by atoms with van der Waals surface area (Å²) in [6.45, 7) is 4.00. The molecule has 0 amide bonds. The Hall–Kier alpha value is -8.41. The van der Waals surface area contributed by atoms with Crippen molar-refractivity contribution in [3.8, 4) is 62.1 Å². The van der Waals surface area contributed by atoms with Crippen LogP contribution in [0.3, 0.4) is 0 Å². The van der Waals surface area contributed by atoms with E-state index in [1.165, 1.54) is 0 Å². The van der Waals surface area contributed by atoms with Crippen LogP contribution >= 0.6 is 0 Å². The standard InChI is InChI=1S/C57H39N5.C2H6/c1-5-15-40(16-6-1)42-25-29-45(30-26-42)55-58-56(46-31-27-43(28-32-46)41-17-7-2-8-18-41)60-57(59-55)62-53-24-14-13-23-51(53)52-38-35-47(39-54(52)62)44-33-36-50(37-34-44)61(48-19-9-3-10-20-48)49-21-11-4-12-22-49;1-2/h1-39H;1-2H3. The van der Waals surface area contributed by atoms with E-state index in [0.29, 0.717) is 17.6 Å². The van der Waals surface area contributed by atoms with Crippen LogP contribution in [0.4, 0.5) is 17.1 Å². The first-order valence-corrected chi connectivity index (χ1v) is 21.9. The van der Waals surface area contributed by atoms with Crippen LogP contribution in [0.15, 0.2) is 237 Å². The Balaban J connectivity index is 0.00000239. The average Bonchev–Trinajstić information content (AvgIpc) is 3.72. The van der Waals surface area contributed by atoms with Crippen LogP contribution in [0.1, 0.15) is 13.8 Å². The number of fused-ring (bicyclic) bond motifs is 3. The van der Waals surface area contributed by atoms with Crippen LogP contribution in [-0.2, 0) is 0 Å². The molecular weight excluding hydrogens is 779 g/mol. The van der Waals surface area contributed by atoms with E-state index in [2.05, 4.69) is 234 Å².